The van der Waals surface area contributed by atoms with Gasteiger partial charge in [-0.2, -0.15) is 0 Å². The maximum absolute atomic E-state index is 12.9. The van der Waals surface area contributed by atoms with Gasteiger partial charge < -0.3 is 26.6 Å². The van der Waals surface area contributed by atoms with Gasteiger partial charge in [-0.1, -0.05) is 23.2 Å². The average molecular weight is 549 g/mol. The van der Waals surface area contributed by atoms with Crippen molar-refractivity contribution in [2.75, 3.05) is 17.2 Å². The number of benzene rings is 1. The van der Waals surface area contributed by atoms with Crippen molar-refractivity contribution in [2.24, 2.45) is 5.73 Å². The first-order chi connectivity index (χ1) is 16.4. The van der Waals surface area contributed by atoms with E-state index in [0.29, 0.717) is 0 Å². The van der Waals surface area contributed by atoms with Crippen LogP contribution in [0.3, 0.4) is 0 Å². The molecule has 0 spiro atoms. The molecule has 1 fully saturated rings. The number of thioether (sulfide) groups is 1. The second-order valence-corrected chi connectivity index (χ2v) is 9.54. The normalized spacial score (nSPS) is 17.1. The van der Waals surface area contributed by atoms with E-state index in [4.69, 9.17) is 39.1 Å². The largest absolute Gasteiger partial charge is 0.480 e. The van der Waals surface area contributed by atoms with Crippen LogP contribution in [0.5, 0.6) is 0 Å². The van der Waals surface area contributed by atoms with E-state index in [1.165, 1.54) is 18.2 Å². The summed E-state index contributed by atoms with van der Waals surface area (Å²) in [7, 11) is 0. The van der Waals surface area contributed by atoms with Crippen LogP contribution in [0, 0.1) is 0 Å². The summed E-state index contributed by atoms with van der Waals surface area (Å²) in [5.74, 6) is -5.37. The summed E-state index contributed by atoms with van der Waals surface area (Å²) in [6.45, 7) is -0.704. The van der Waals surface area contributed by atoms with E-state index in [2.05, 4.69) is 10.6 Å². The van der Waals surface area contributed by atoms with E-state index in [0.717, 1.165) is 16.7 Å². The Morgan fingerprint density at radius 1 is 1.14 bits per heavy atom. The number of imide groups is 1. The zero-order chi connectivity index (χ0) is 26.3. The number of carboxylic acids is 2. The van der Waals surface area contributed by atoms with Crippen LogP contribution in [0.15, 0.2) is 18.2 Å². The molecule has 0 saturated carbocycles. The summed E-state index contributed by atoms with van der Waals surface area (Å²) in [5.41, 5.74) is 5.56. The van der Waals surface area contributed by atoms with Crippen LogP contribution in [0.25, 0.3) is 0 Å². The molecule has 1 heterocycles. The molecule has 1 aromatic carbocycles. The molecule has 0 aliphatic carbocycles. The Morgan fingerprint density at radius 3 is 2.34 bits per heavy atom. The van der Waals surface area contributed by atoms with E-state index < -0.39 is 59.4 Å². The maximum atomic E-state index is 12.9. The molecule has 12 nitrogen and oxygen atoms in total. The highest BCUT2D eigenvalue weighted by Crippen LogP contribution is 2.33. The Kier molecular flexibility index (Phi) is 10.3. The Balaban J connectivity index is 2.07. The lowest BCUT2D eigenvalue weighted by Crippen LogP contribution is -2.50. The number of anilines is 1. The average Bonchev–Trinajstić information content (AvgIpc) is 3.05. The van der Waals surface area contributed by atoms with Crippen molar-refractivity contribution < 1.29 is 39.0 Å². The second kappa shape index (κ2) is 12.7. The fraction of sp³-hybridized carbons (Fsp3) is 0.400. The Bertz CT molecular complexity index is 1020. The van der Waals surface area contributed by atoms with E-state index in [1.807, 2.05) is 0 Å². The van der Waals surface area contributed by atoms with Gasteiger partial charge in [0, 0.05) is 28.6 Å². The van der Waals surface area contributed by atoms with Crippen LogP contribution in [-0.4, -0.2) is 75.4 Å². The van der Waals surface area contributed by atoms with Gasteiger partial charge in [0.15, 0.2) is 0 Å². The number of carbonyl (C=O) groups is 6. The Labute approximate surface area is 213 Å². The van der Waals surface area contributed by atoms with Gasteiger partial charge in [0.25, 0.3) is 0 Å². The van der Waals surface area contributed by atoms with Gasteiger partial charge in [-0.05, 0) is 24.6 Å². The molecule has 190 valence electrons. The number of rotatable bonds is 12. The minimum atomic E-state index is -1.31. The standard InChI is InChI=1S/C20H22Cl2N4O8S/c21-9-3-10(22)5-11(4-9)26-16(28)6-14(19(26)32)35-8-13(18(31)24-7-17(29)30)25-15(27)2-1-12(23)20(33)34/h3-5,12-14H,1-2,6-8,23H2,(H,24,31)(H,25,27)(H,29,30)(H,33,34)/t12-,13-,14?/m0/s1. The number of aliphatic carboxylic acids is 2. The van der Waals surface area contributed by atoms with Crippen LogP contribution in [0.2, 0.25) is 10.0 Å². The lowest BCUT2D eigenvalue weighted by atomic mass is 10.1. The first-order valence-corrected chi connectivity index (χ1v) is 11.9. The third kappa shape index (κ3) is 8.38. The maximum Gasteiger partial charge on any atom is 0.322 e. The van der Waals surface area contributed by atoms with Crippen molar-refractivity contribution in [1.82, 2.24) is 10.6 Å². The summed E-state index contributed by atoms with van der Waals surface area (Å²) in [5, 5.41) is 21.7. The fourth-order valence-corrected chi connectivity index (χ4v) is 4.71. The van der Waals surface area contributed by atoms with E-state index in [-0.39, 0.29) is 40.7 Å². The van der Waals surface area contributed by atoms with Crippen molar-refractivity contribution in [3.63, 3.8) is 0 Å². The molecule has 0 bridgehead atoms. The van der Waals surface area contributed by atoms with Gasteiger partial charge >= 0.3 is 11.9 Å². The summed E-state index contributed by atoms with van der Waals surface area (Å²) in [6.07, 6.45) is -0.673. The van der Waals surface area contributed by atoms with Crippen molar-refractivity contribution in [2.45, 2.75) is 36.6 Å². The monoisotopic (exact) mass is 548 g/mol. The Hall–Kier alpha value is -2.87. The zero-order valence-electron chi connectivity index (χ0n) is 18.0. The number of hydrogen-bond donors (Lipinski definition) is 5. The first-order valence-electron chi connectivity index (χ1n) is 10.1. The van der Waals surface area contributed by atoms with E-state index >= 15 is 0 Å². The highest BCUT2D eigenvalue weighted by molar-refractivity contribution is 8.00. The number of amides is 4. The second-order valence-electron chi connectivity index (χ2n) is 7.44. The molecular weight excluding hydrogens is 527 g/mol. The van der Waals surface area contributed by atoms with Crippen LogP contribution in [0.1, 0.15) is 19.3 Å². The van der Waals surface area contributed by atoms with Crippen molar-refractivity contribution in [3.05, 3.63) is 28.2 Å². The molecular formula is C20H22Cl2N4O8S. The van der Waals surface area contributed by atoms with Crippen LogP contribution < -0.4 is 21.3 Å². The number of nitrogens with two attached hydrogens (primary N) is 1. The van der Waals surface area contributed by atoms with Crippen molar-refractivity contribution in [1.29, 1.82) is 0 Å². The highest BCUT2D eigenvalue weighted by atomic mass is 35.5. The molecule has 1 aliphatic heterocycles. The molecule has 0 aromatic heterocycles. The molecule has 4 amide bonds. The van der Waals surface area contributed by atoms with E-state index in [9.17, 15) is 28.8 Å². The number of nitrogens with one attached hydrogen (secondary N) is 2. The minimum Gasteiger partial charge on any atom is -0.480 e. The van der Waals surface area contributed by atoms with Gasteiger partial charge in [-0.15, -0.1) is 11.8 Å². The zero-order valence-corrected chi connectivity index (χ0v) is 20.4. The highest BCUT2D eigenvalue weighted by Gasteiger charge is 2.40. The SMILES string of the molecule is N[C@@H](CCC(=O)N[C@@H](CSC1CC(=O)N(c2cc(Cl)cc(Cl)c2)C1=O)C(=O)NCC(=O)O)C(=O)O. The summed E-state index contributed by atoms with van der Waals surface area (Å²) < 4.78 is 0. The molecule has 0 radical (unpaired) electrons. The Morgan fingerprint density at radius 2 is 1.77 bits per heavy atom. The predicted molar refractivity (Wildman–Crippen MR) is 127 cm³/mol. The molecule has 2 rings (SSSR count). The number of halogens is 2. The molecule has 3 atom stereocenters. The van der Waals surface area contributed by atoms with Gasteiger partial charge in [0.2, 0.25) is 23.6 Å². The summed E-state index contributed by atoms with van der Waals surface area (Å²) in [4.78, 5) is 72.5. The number of hydrogen-bond acceptors (Lipinski definition) is 8. The molecule has 35 heavy (non-hydrogen) atoms. The van der Waals surface area contributed by atoms with Gasteiger partial charge in [0.05, 0.1) is 10.9 Å². The third-order valence-electron chi connectivity index (χ3n) is 4.74. The van der Waals surface area contributed by atoms with Gasteiger partial charge in [-0.25, -0.2) is 4.90 Å². The number of carboxylic acid groups (broad SMARTS) is 2. The smallest absolute Gasteiger partial charge is 0.322 e. The molecule has 1 aromatic rings. The first kappa shape index (κ1) is 28.4. The van der Waals surface area contributed by atoms with Crippen LogP contribution in [0.4, 0.5) is 5.69 Å². The van der Waals surface area contributed by atoms with Gasteiger partial charge in [0.1, 0.15) is 18.6 Å². The number of nitrogens with zero attached hydrogens (tertiary/aromatic N) is 1. The predicted octanol–water partition coefficient (Wildman–Crippen LogP) is 0.236. The lowest BCUT2D eigenvalue weighted by Gasteiger charge is -2.20. The summed E-state index contributed by atoms with van der Waals surface area (Å²) >= 11 is 12.8. The quantitative estimate of drug-likeness (QED) is 0.225. The fourth-order valence-electron chi connectivity index (χ4n) is 3.03. The molecule has 1 unspecified atom stereocenters. The lowest BCUT2D eigenvalue weighted by molar-refractivity contribution is -0.139. The molecule has 15 heteroatoms. The minimum absolute atomic E-state index is 0.171. The molecule has 1 saturated heterocycles. The van der Waals surface area contributed by atoms with Crippen molar-refractivity contribution >= 4 is 76.2 Å². The number of carbonyl (C=O) groups excluding carboxylic acids is 4. The summed E-state index contributed by atoms with van der Waals surface area (Å²) in [6, 6.07) is 1.71. The van der Waals surface area contributed by atoms with Gasteiger partial charge in [-0.3, -0.25) is 28.8 Å². The van der Waals surface area contributed by atoms with Crippen LogP contribution >= 0.6 is 35.0 Å². The van der Waals surface area contributed by atoms with Crippen LogP contribution in [-0.2, 0) is 28.8 Å². The topological polar surface area (TPSA) is 196 Å². The van der Waals surface area contributed by atoms with Crippen molar-refractivity contribution in [3.8, 4) is 0 Å². The third-order valence-corrected chi connectivity index (χ3v) is 6.47. The molecule has 1 aliphatic rings. The molecule has 6 N–H and O–H groups in total. The van der Waals surface area contributed by atoms with E-state index in [1.54, 1.807) is 0 Å².